The van der Waals surface area contributed by atoms with Crippen LogP contribution in [0.15, 0.2) is 53.4 Å². The van der Waals surface area contributed by atoms with E-state index >= 15 is 0 Å². The molecule has 3 aromatic rings. The van der Waals surface area contributed by atoms with Crippen molar-refractivity contribution in [1.29, 1.82) is 0 Å². The van der Waals surface area contributed by atoms with E-state index in [1.54, 1.807) is 6.07 Å². The van der Waals surface area contributed by atoms with Crippen LogP contribution in [0.4, 0.5) is 5.69 Å². The lowest BCUT2D eigenvalue weighted by Gasteiger charge is -2.25. The van der Waals surface area contributed by atoms with Gasteiger partial charge in [0.15, 0.2) is 0 Å². The fourth-order valence-corrected chi connectivity index (χ4v) is 5.29. The molecule has 2 heterocycles. The Morgan fingerprint density at radius 3 is 2.25 bits per heavy atom. The van der Waals surface area contributed by atoms with Crippen molar-refractivity contribution in [3.63, 3.8) is 0 Å². The van der Waals surface area contributed by atoms with E-state index in [1.165, 1.54) is 23.3 Å². The van der Waals surface area contributed by atoms with E-state index < -0.39 is 17.7 Å². The topological polar surface area (TPSA) is 66.8 Å². The minimum Gasteiger partial charge on any atom is -0.507 e. The van der Waals surface area contributed by atoms with Crippen molar-refractivity contribution in [2.75, 3.05) is 12.0 Å². The van der Waals surface area contributed by atoms with Gasteiger partial charge >= 0.3 is 0 Å². The van der Waals surface area contributed by atoms with Crippen LogP contribution in [0.5, 0.6) is 5.75 Å². The Morgan fingerprint density at radius 2 is 1.66 bits per heavy atom. The van der Waals surface area contributed by atoms with Crippen LogP contribution in [-0.2, 0) is 9.59 Å². The molecule has 1 amide bonds. The molecule has 1 aliphatic rings. The molecule has 32 heavy (non-hydrogen) atoms. The summed E-state index contributed by atoms with van der Waals surface area (Å²) in [6.07, 6.45) is 0. The number of aryl methyl sites for hydroxylation is 4. The zero-order valence-corrected chi connectivity index (χ0v) is 19.5. The molecule has 5 nitrogen and oxygen atoms in total. The molecule has 4 rings (SSSR count). The first-order chi connectivity index (χ1) is 15.2. The second-order valence-corrected chi connectivity index (χ2v) is 9.08. The lowest BCUT2D eigenvalue weighted by molar-refractivity contribution is -0.132. The third-order valence-electron chi connectivity index (χ3n) is 5.78. The maximum Gasteiger partial charge on any atom is 0.300 e. The molecule has 1 unspecified atom stereocenters. The van der Waals surface area contributed by atoms with E-state index in [-0.39, 0.29) is 11.3 Å². The van der Waals surface area contributed by atoms with Gasteiger partial charge in [-0.2, -0.15) is 0 Å². The van der Waals surface area contributed by atoms with Gasteiger partial charge in [0.05, 0.1) is 18.2 Å². The Hall–Kier alpha value is -3.38. The molecule has 0 radical (unpaired) electrons. The van der Waals surface area contributed by atoms with Crippen LogP contribution in [0.2, 0.25) is 0 Å². The summed E-state index contributed by atoms with van der Waals surface area (Å²) in [5, 5.41) is 13.4. The number of ketones is 1. The van der Waals surface area contributed by atoms with Gasteiger partial charge in [0.2, 0.25) is 0 Å². The predicted octanol–water partition coefficient (Wildman–Crippen LogP) is 5.62. The number of benzene rings is 2. The molecule has 0 aliphatic carbocycles. The van der Waals surface area contributed by atoms with Gasteiger partial charge in [0, 0.05) is 10.6 Å². The summed E-state index contributed by atoms with van der Waals surface area (Å²) in [6, 6.07) is 12.4. The highest BCUT2D eigenvalue weighted by Gasteiger charge is 2.48. The summed E-state index contributed by atoms with van der Waals surface area (Å²) in [5.41, 5.74) is 4.86. The van der Waals surface area contributed by atoms with Crippen molar-refractivity contribution in [3.8, 4) is 5.75 Å². The fraction of sp³-hybridized carbons (Fsp3) is 0.231. The van der Waals surface area contributed by atoms with Crippen molar-refractivity contribution >= 4 is 34.5 Å². The Bertz CT molecular complexity index is 1250. The monoisotopic (exact) mass is 447 g/mol. The van der Waals surface area contributed by atoms with E-state index in [2.05, 4.69) is 0 Å². The number of carbonyl (C=O) groups is 2. The molecule has 1 saturated heterocycles. The van der Waals surface area contributed by atoms with Crippen LogP contribution in [0.3, 0.4) is 0 Å². The molecule has 1 aliphatic heterocycles. The van der Waals surface area contributed by atoms with Gasteiger partial charge in [-0.15, -0.1) is 11.3 Å². The number of anilines is 1. The first kappa shape index (κ1) is 21.8. The summed E-state index contributed by atoms with van der Waals surface area (Å²) in [5.74, 6) is -1.10. The van der Waals surface area contributed by atoms with E-state index in [1.807, 2.05) is 69.5 Å². The predicted molar refractivity (Wildman–Crippen MR) is 127 cm³/mol. The van der Waals surface area contributed by atoms with Crippen LogP contribution >= 0.6 is 11.3 Å². The number of ether oxygens (including phenoxy) is 1. The lowest BCUT2D eigenvalue weighted by atomic mass is 9.95. The Balaban J connectivity index is 2.00. The van der Waals surface area contributed by atoms with E-state index in [0.29, 0.717) is 17.0 Å². The van der Waals surface area contributed by atoms with Gasteiger partial charge in [-0.25, -0.2) is 0 Å². The van der Waals surface area contributed by atoms with E-state index in [9.17, 15) is 14.7 Å². The fourth-order valence-electron chi connectivity index (χ4n) is 4.26. The number of hydrogen-bond acceptors (Lipinski definition) is 5. The summed E-state index contributed by atoms with van der Waals surface area (Å²) in [6.45, 7) is 7.70. The second-order valence-electron chi connectivity index (χ2n) is 8.14. The minimum atomic E-state index is -0.719. The number of amides is 1. The number of nitrogens with zero attached hydrogens (tertiary/aromatic N) is 1. The average molecular weight is 448 g/mol. The largest absolute Gasteiger partial charge is 0.507 e. The minimum absolute atomic E-state index is 0.0735. The van der Waals surface area contributed by atoms with Crippen LogP contribution in [-0.4, -0.2) is 23.9 Å². The SMILES string of the molecule is COc1c(C)cc(C)cc1/C(O)=C1\C(=O)C(=O)N(c2ccc(C)cc2)C1c1sccc1C. The summed E-state index contributed by atoms with van der Waals surface area (Å²) >= 11 is 1.46. The second kappa shape index (κ2) is 8.28. The molecular formula is C26H25NO4S. The summed E-state index contributed by atoms with van der Waals surface area (Å²) < 4.78 is 5.55. The van der Waals surface area contributed by atoms with Gasteiger partial charge in [-0.1, -0.05) is 23.8 Å². The third-order valence-corrected chi connectivity index (χ3v) is 6.86. The van der Waals surface area contributed by atoms with Crippen LogP contribution in [0, 0.1) is 27.7 Å². The molecule has 0 saturated carbocycles. The van der Waals surface area contributed by atoms with Gasteiger partial charge in [-0.3, -0.25) is 14.5 Å². The summed E-state index contributed by atoms with van der Waals surface area (Å²) in [4.78, 5) is 28.9. The Labute approximate surface area is 191 Å². The summed E-state index contributed by atoms with van der Waals surface area (Å²) in [7, 11) is 1.53. The smallest absolute Gasteiger partial charge is 0.300 e. The van der Waals surface area contributed by atoms with Crippen LogP contribution in [0.25, 0.3) is 5.76 Å². The number of carbonyl (C=O) groups excluding carboxylic acids is 2. The molecule has 1 atom stereocenters. The maximum absolute atomic E-state index is 13.3. The highest BCUT2D eigenvalue weighted by molar-refractivity contribution is 7.10. The van der Waals surface area contributed by atoms with Crippen LogP contribution in [0.1, 0.15) is 38.7 Å². The number of aliphatic hydroxyl groups excluding tert-OH is 1. The number of methoxy groups -OCH3 is 1. The van der Waals surface area contributed by atoms with Crippen LogP contribution < -0.4 is 9.64 Å². The average Bonchev–Trinajstić information content (AvgIpc) is 3.28. The molecular weight excluding hydrogens is 422 g/mol. The lowest BCUT2D eigenvalue weighted by Crippen LogP contribution is -2.29. The molecule has 6 heteroatoms. The number of thiophene rings is 1. The first-order valence-electron chi connectivity index (χ1n) is 10.3. The van der Waals surface area contributed by atoms with Crippen molar-refractivity contribution < 1.29 is 19.4 Å². The van der Waals surface area contributed by atoms with Gasteiger partial charge in [-0.05, 0) is 74.0 Å². The maximum atomic E-state index is 13.3. The Morgan fingerprint density at radius 1 is 0.969 bits per heavy atom. The number of rotatable bonds is 4. The molecule has 0 spiro atoms. The van der Waals surface area contributed by atoms with E-state index in [4.69, 9.17) is 4.74 Å². The third kappa shape index (κ3) is 3.50. The van der Waals surface area contributed by atoms with Gasteiger partial charge < -0.3 is 9.84 Å². The molecule has 2 aromatic carbocycles. The molecule has 1 N–H and O–H groups in total. The standard InChI is InChI=1S/C26H25NO4S/c1-14-6-8-18(9-7-14)27-21(25-16(3)10-11-32-25)20(23(29)26(27)30)22(28)19-13-15(2)12-17(4)24(19)31-5/h6-13,21,28H,1-5H3/b22-20+. The number of aliphatic hydroxyl groups is 1. The number of hydrogen-bond donors (Lipinski definition) is 1. The molecule has 1 aromatic heterocycles. The van der Waals surface area contributed by atoms with Crippen molar-refractivity contribution in [2.45, 2.75) is 33.7 Å². The van der Waals surface area contributed by atoms with Gasteiger partial charge in [0.25, 0.3) is 11.7 Å². The number of Topliss-reactive ketones (excluding diaryl/α,β-unsaturated/α-hetero) is 1. The first-order valence-corrected chi connectivity index (χ1v) is 11.2. The highest BCUT2D eigenvalue weighted by atomic mass is 32.1. The van der Waals surface area contributed by atoms with Crippen molar-refractivity contribution in [1.82, 2.24) is 0 Å². The van der Waals surface area contributed by atoms with E-state index in [0.717, 1.165) is 27.1 Å². The molecule has 0 bridgehead atoms. The van der Waals surface area contributed by atoms with Gasteiger partial charge in [0.1, 0.15) is 17.6 Å². The Kier molecular flexibility index (Phi) is 5.65. The molecule has 164 valence electrons. The quantitative estimate of drug-likeness (QED) is 0.320. The molecule has 1 fully saturated rings. The van der Waals surface area contributed by atoms with Crippen molar-refractivity contribution in [2.24, 2.45) is 0 Å². The normalized spacial score (nSPS) is 17.8. The zero-order valence-electron chi connectivity index (χ0n) is 18.7. The highest BCUT2D eigenvalue weighted by Crippen LogP contribution is 2.46. The van der Waals surface area contributed by atoms with Crippen molar-refractivity contribution in [3.05, 3.63) is 86.1 Å². The zero-order chi connectivity index (χ0) is 23.2.